The smallest absolute Gasteiger partial charge is 0.224 e. The molecular weight excluding hydrogens is 332 g/mol. The zero-order valence-corrected chi connectivity index (χ0v) is 14.3. The number of carbonyl (C=O) groups excluding carboxylic acids is 1. The van der Waals surface area contributed by atoms with Crippen molar-refractivity contribution in [1.29, 1.82) is 0 Å². The molecule has 1 N–H and O–H groups in total. The topological polar surface area (TPSA) is 41.6 Å². The van der Waals surface area contributed by atoms with Gasteiger partial charge in [-0.05, 0) is 45.0 Å². The van der Waals surface area contributed by atoms with Gasteiger partial charge in [0, 0.05) is 35.6 Å². The van der Waals surface area contributed by atoms with Gasteiger partial charge in [-0.3, -0.25) is 4.79 Å². The number of hydrogen-bond donors (Lipinski definition) is 1. The maximum Gasteiger partial charge on any atom is 0.224 e. The number of nitrogens with zero attached hydrogens (tertiary/aromatic N) is 1. The summed E-state index contributed by atoms with van der Waals surface area (Å²) in [5.41, 5.74) is 1.07. The van der Waals surface area contributed by atoms with E-state index in [9.17, 15) is 4.79 Å². The van der Waals surface area contributed by atoms with E-state index < -0.39 is 0 Å². The van der Waals surface area contributed by atoms with Crippen LogP contribution in [0.2, 0.25) is 0 Å². The first-order valence-corrected chi connectivity index (χ1v) is 8.30. The minimum atomic E-state index is 0.217. The number of hydrogen-bond acceptors (Lipinski definition) is 3. The van der Waals surface area contributed by atoms with Crippen LogP contribution in [0.1, 0.15) is 31.7 Å². The third-order valence-corrected chi connectivity index (χ3v) is 4.05. The van der Waals surface area contributed by atoms with Crippen molar-refractivity contribution in [1.82, 2.24) is 10.2 Å². The van der Waals surface area contributed by atoms with Crippen molar-refractivity contribution in [3.8, 4) is 5.75 Å². The fourth-order valence-corrected chi connectivity index (χ4v) is 2.74. The van der Waals surface area contributed by atoms with Crippen LogP contribution in [0.15, 0.2) is 22.7 Å². The minimum absolute atomic E-state index is 0.217. The first kappa shape index (κ1) is 16.3. The minimum Gasteiger partial charge on any atom is -0.494 e. The summed E-state index contributed by atoms with van der Waals surface area (Å²) in [6.45, 7) is 3.95. The van der Waals surface area contributed by atoms with Crippen LogP contribution in [0.4, 0.5) is 0 Å². The van der Waals surface area contributed by atoms with Crippen LogP contribution < -0.4 is 10.1 Å². The van der Waals surface area contributed by atoms with Gasteiger partial charge in [0.15, 0.2) is 0 Å². The van der Waals surface area contributed by atoms with Crippen LogP contribution in [0, 0.1) is 0 Å². The fraction of sp³-hybridized carbons (Fsp3) is 0.562. The summed E-state index contributed by atoms with van der Waals surface area (Å²) >= 11 is 3.50. The van der Waals surface area contributed by atoms with E-state index in [-0.39, 0.29) is 5.91 Å². The molecule has 0 spiro atoms. The van der Waals surface area contributed by atoms with Crippen molar-refractivity contribution in [2.45, 2.75) is 38.8 Å². The summed E-state index contributed by atoms with van der Waals surface area (Å²) < 4.78 is 6.70. The van der Waals surface area contributed by atoms with Gasteiger partial charge < -0.3 is 15.0 Å². The average molecular weight is 355 g/mol. The van der Waals surface area contributed by atoms with Crippen molar-refractivity contribution in [3.05, 3.63) is 28.2 Å². The molecule has 0 atom stereocenters. The van der Waals surface area contributed by atoms with Crippen LogP contribution in [0.5, 0.6) is 5.75 Å². The Morgan fingerprint density at radius 2 is 2.24 bits per heavy atom. The molecule has 0 aliphatic heterocycles. The standard InChI is InChI=1S/C16H23BrN2O2/c1-3-21-15-7-4-13(17)10-12(15)11-19(14-5-6-14)16(20)8-9-18-2/h4,7,10,14,18H,3,5-6,8-9,11H2,1-2H3. The molecule has 4 nitrogen and oxygen atoms in total. The Labute approximate surface area is 135 Å². The predicted molar refractivity (Wildman–Crippen MR) is 87.4 cm³/mol. The maximum atomic E-state index is 12.4. The molecule has 0 saturated heterocycles. The number of amides is 1. The number of halogens is 1. The molecule has 116 valence electrons. The lowest BCUT2D eigenvalue weighted by molar-refractivity contribution is -0.132. The Hall–Kier alpha value is -1.07. The molecule has 0 aromatic heterocycles. The van der Waals surface area contributed by atoms with Gasteiger partial charge in [0.25, 0.3) is 0 Å². The van der Waals surface area contributed by atoms with Crippen LogP contribution >= 0.6 is 15.9 Å². The highest BCUT2D eigenvalue weighted by molar-refractivity contribution is 9.10. The quantitative estimate of drug-likeness (QED) is 0.780. The number of nitrogens with one attached hydrogen (secondary N) is 1. The van der Waals surface area contributed by atoms with Gasteiger partial charge in [0.2, 0.25) is 5.91 Å². The summed E-state index contributed by atoms with van der Waals surface area (Å²) in [6.07, 6.45) is 2.78. The van der Waals surface area contributed by atoms with Crippen LogP contribution in [-0.2, 0) is 11.3 Å². The molecule has 2 rings (SSSR count). The summed E-state index contributed by atoms with van der Waals surface area (Å²) in [6, 6.07) is 6.39. The van der Waals surface area contributed by atoms with Gasteiger partial charge in [-0.25, -0.2) is 0 Å². The van der Waals surface area contributed by atoms with Crippen LogP contribution in [0.3, 0.4) is 0 Å². The SMILES string of the molecule is CCOc1ccc(Br)cc1CN(C(=O)CCNC)C1CC1. The number of carbonyl (C=O) groups is 1. The third kappa shape index (κ3) is 4.71. The molecule has 1 aliphatic carbocycles. The molecule has 0 bridgehead atoms. The lowest BCUT2D eigenvalue weighted by Gasteiger charge is -2.24. The highest BCUT2D eigenvalue weighted by atomic mass is 79.9. The van der Waals surface area contributed by atoms with E-state index in [0.29, 0.717) is 25.6 Å². The Bertz CT molecular complexity index is 489. The number of rotatable bonds is 8. The van der Waals surface area contributed by atoms with Gasteiger partial charge in [0.05, 0.1) is 6.61 Å². The van der Waals surface area contributed by atoms with Crippen LogP contribution in [0.25, 0.3) is 0 Å². The van der Waals surface area contributed by atoms with E-state index in [1.54, 1.807) is 0 Å². The molecule has 1 aliphatic rings. The summed E-state index contributed by atoms with van der Waals surface area (Å²) in [5, 5.41) is 3.04. The van der Waals surface area contributed by atoms with E-state index in [2.05, 4.69) is 21.2 Å². The maximum absolute atomic E-state index is 12.4. The first-order valence-electron chi connectivity index (χ1n) is 7.51. The van der Waals surface area contributed by atoms with Crippen molar-refractivity contribution in [2.24, 2.45) is 0 Å². The van der Waals surface area contributed by atoms with Gasteiger partial charge in [-0.15, -0.1) is 0 Å². The highest BCUT2D eigenvalue weighted by Crippen LogP contribution is 2.32. The van der Waals surface area contributed by atoms with Crippen molar-refractivity contribution in [2.75, 3.05) is 20.2 Å². The Balaban J connectivity index is 2.12. The normalized spacial score (nSPS) is 14.0. The summed E-state index contributed by atoms with van der Waals surface area (Å²) in [7, 11) is 1.87. The monoisotopic (exact) mass is 354 g/mol. The average Bonchev–Trinajstić information content (AvgIpc) is 3.29. The lowest BCUT2D eigenvalue weighted by atomic mass is 10.1. The highest BCUT2D eigenvalue weighted by Gasteiger charge is 2.32. The third-order valence-electron chi connectivity index (χ3n) is 3.56. The van der Waals surface area contributed by atoms with Crippen molar-refractivity contribution in [3.63, 3.8) is 0 Å². The second kappa shape index (κ2) is 7.80. The molecule has 1 saturated carbocycles. The molecule has 0 unspecified atom stereocenters. The molecule has 0 radical (unpaired) electrons. The van der Waals surface area contributed by atoms with E-state index in [4.69, 9.17) is 4.74 Å². The Morgan fingerprint density at radius 1 is 1.48 bits per heavy atom. The lowest BCUT2D eigenvalue weighted by Crippen LogP contribution is -2.34. The molecule has 1 amide bonds. The zero-order chi connectivity index (χ0) is 15.2. The Morgan fingerprint density at radius 3 is 2.86 bits per heavy atom. The van der Waals surface area contributed by atoms with Crippen molar-refractivity contribution < 1.29 is 9.53 Å². The van der Waals surface area contributed by atoms with Gasteiger partial charge in [-0.2, -0.15) is 0 Å². The summed E-state index contributed by atoms with van der Waals surface area (Å²) in [5.74, 6) is 1.09. The van der Waals surface area contributed by atoms with Gasteiger partial charge in [0.1, 0.15) is 5.75 Å². The second-order valence-corrected chi connectivity index (χ2v) is 6.21. The van der Waals surface area contributed by atoms with E-state index >= 15 is 0 Å². The van der Waals surface area contributed by atoms with Gasteiger partial charge in [-0.1, -0.05) is 15.9 Å². The fourth-order valence-electron chi connectivity index (χ4n) is 2.33. The van der Waals surface area contributed by atoms with Crippen LogP contribution in [-0.4, -0.2) is 37.0 Å². The molecule has 1 aromatic rings. The predicted octanol–water partition coefficient (Wildman–Crippen LogP) is 2.95. The molecule has 5 heteroatoms. The summed E-state index contributed by atoms with van der Waals surface area (Å²) in [4.78, 5) is 14.4. The van der Waals surface area contributed by atoms with E-state index in [0.717, 1.165) is 35.2 Å². The second-order valence-electron chi connectivity index (χ2n) is 5.29. The zero-order valence-electron chi connectivity index (χ0n) is 12.7. The molecule has 1 fully saturated rings. The molecular formula is C16H23BrN2O2. The first-order chi connectivity index (χ1) is 10.2. The molecule has 1 aromatic carbocycles. The van der Waals surface area contributed by atoms with E-state index in [1.165, 1.54) is 0 Å². The van der Waals surface area contributed by atoms with Crippen molar-refractivity contribution >= 4 is 21.8 Å². The molecule has 0 heterocycles. The largest absolute Gasteiger partial charge is 0.494 e. The molecule has 21 heavy (non-hydrogen) atoms. The van der Waals surface area contributed by atoms with E-state index in [1.807, 2.05) is 37.1 Å². The number of ether oxygens (including phenoxy) is 1. The van der Waals surface area contributed by atoms with Gasteiger partial charge >= 0.3 is 0 Å². The number of benzene rings is 1. The Kier molecular flexibility index (Phi) is 6.06.